The Bertz CT molecular complexity index is 677. The number of hydrogen-bond donors (Lipinski definition) is 0. The molecule has 0 aromatic heterocycles. The van der Waals surface area contributed by atoms with Crippen molar-refractivity contribution < 1.29 is 4.79 Å². The first-order chi connectivity index (χ1) is 10.0. The van der Waals surface area contributed by atoms with Crippen molar-refractivity contribution >= 4 is 11.6 Å². The van der Waals surface area contributed by atoms with Crippen LogP contribution in [0.3, 0.4) is 0 Å². The smallest absolute Gasteiger partial charge is 0.237 e. The van der Waals surface area contributed by atoms with Gasteiger partial charge in [-0.25, -0.2) is 0 Å². The second-order valence-corrected chi connectivity index (χ2v) is 6.15. The van der Waals surface area contributed by atoms with Gasteiger partial charge in [0.25, 0.3) is 0 Å². The zero-order chi connectivity index (χ0) is 15.0. The lowest BCUT2D eigenvalue weighted by molar-refractivity contribution is -0.122. The molecule has 1 aliphatic heterocycles. The van der Waals surface area contributed by atoms with Crippen molar-refractivity contribution in [1.82, 2.24) is 0 Å². The zero-order valence-electron chi connectivity index (χ0n) is 12.9. The number of aryl methyl sites for hydroxylation is 2. The maximum Gasteiger partial charge on any atom is 0.237 e. The second-order valence-electron chi connectivity index (χ2n) is 6.15. The highest BCUT2D eigenvalue weighted by molar-refractivity contribution is 6.08. The van der Waals surface area contributed by atoms with Crippen LogP contribution in [0.1, 0.15) is 30.0 Å². The van der Waals surface area contributed by atoms with Crippen LogP contribution < -0.4 is 4.90 Å². The maximum absolute atomic E-state index is 12.8. The van der Waals surface area contributed by atoms with E-state index in [2.05, 4.69) is 56.3 Å². The summed E-state index contributed by atoms with van der Waals surface area (Å²) in [7, 11) is 1.89. The number of carbonyl (C=O) groups is 1. The Balaban J connectivity index is 1.94. The van der Waals surface area contributed by atoms with E-state index < -0.39 is 5.41 Å². The van der Waals surface area contributed by atoms with Crippen LogP contribution >= 0.6 is 0 Å². The van der Waals surface area contributed by atoms with E-state index >= 15 is 0 Å². The van der Waals surface area contributed by atoms with Gasteiger partial charge in [0, 0.05) is 7.05 Å². The number of hydrogen-bond acceptors (Lipinski definition) is 1. The molecule has 0 unspecified atom stereocenters. The summed E-state index contributed by atoms with van der Waals surface area (Å²) < 4.78 is 0. The van der Waals surface area contributed by atoms with Gasteiger partial charge in [-0.05, 0) is 43.4 Å². The molecule has 0 fully saturated rings. The SMILES string of the molecule is Cc1cccc2c1N(C)C(=O)[C@@]2(C)CCc1ccccc1. The molecule has 3 rings (SSSR count). The average molecular weight is 279 g/mol. The van der Waals surface area contributed by atoms with Crippen LogP contribution in [0.25, 0.3) is 0 Å². The first kappa shape index (κ1) is 13.9. The van der Waals surface area contributed by atoms with Crippen molar-refractivity contribution in [3.05, 3.63) is 65.2 Å². The van der Waals surface area contributed by atoms with E-state index in [0.29, 0.717) is 0 Å². The Morgan fingerprint density at radius 2 is 1.76 bits per heavy atom. The van der Waals surface area contributed by atoms with Crippen molar-refractivity contribution in [2.45, 2.75) is 32.1 Å². The van der Waals surface area contributed by atoms with Gasteiger partial charge in [-0.2, -0.15) is 0 Å². The van der Waals surface area contributed by atoms with Crippen molar-refractivity contribution in [3.8, 4) is 0 Å². The molecule has 0 aliphatic carbocycles. The fraction of sp³-hybridized carbons (Fsp3) is 0.316. The highest BCUT2D eigenvalue weighted by atomic mass is 16.2. The number of nitrogens with zero attached hydrogens (tertiary/aromatic N) is 1. The van der Waals surface area contributed by atoms with E-state index in [1.807, 2.05) is 18.0 Å². The van der Waals surface area contributed by atoms with Crippen LogP contribution in [0.5, 0.6) is 0 Å². The van der Waals surface area contributed by atoms with Gasteiger partial charge in [-0.15, -0.1) is 0 Å². The molecule has 0 bridgehead atoms. The molecule has 21 heavy (non-hydrogen) atoms. The van der Waals surface area contributed by atoms with Gasteiger partial charge < -0.3 is 4.90 Å². The van der Waals surface area contributed by atoms with Crippen molar-refractivity contribution in [2.24, 2.45) is 0 Å². The number of fused-ring (bicyclic) bond motifs is 1. The molecule has 0 saturated carbocycles. The first-order valence-corrected chi connectivity index (χ1v) is 7.46. The maximum atomic E-state index is 12.8. The summed E-state index contributed by atoms with van der Waals surface area (Å²) in [6, 6.07) is 16.6. The minimum atomic E-state index is -0.411. The summed E-state index contributed by atoms with van der Waals surface area (Å²) in [4.78, 5) is 14.6. The molecule has 0 saturated heterocycles. The summed E-state index contributed by atoms with van der Waals surface area (Å²) in [6.07, 6.45) is 1.76. The summed E-state index contributed by atoms with van der Waals surface area (Å²) in [6.45, 7) is 4.16. The summed E-state index contributed by atoms with van der Waals surface area (Å²) >= 11 is 0. The lowest BCUT2D eigenvalue weighted by atomic mass is 9.78. The Kier molecular flexibility index (Phi) is 3.32. The van der Waals surface area contributed by atoms with Gasteiger partial charge in [0.15, 0.2) is 0 Å². The van der Waals surface area contributed by atoms with Crippen molar-refractivity contribution in [1.29, 1.82) is 0 Å². The molecule has 2 nitrogen and oxygen atoms in total. The van der Waals surface area contributed by atoms with E-state index in [1.54, 1.807) is 0 Å². The summed E-state index contributed by atoms with van der Waals surface area (Å²) in [5.74, 6) is 0.211. The molecule has 0 radical (unpaired) electrons. The van der Waals surface area contributed by atoms with Crippen LogP contribution in [-0.4, -0.2) is 13.0 Å². The summed E-state index contributed by atoms with van der Waals surface area (Å²) in [5, 5.41) is 0. The minimum Gasteiger partial charge on any atom is -0.314 e. The van der Waals surface area contributed by atoms with Crippen LogP contribution in [-0.2, 0) is 16.6 Å². The van der Waals surface area contributed by atoms with E-state index in [9.17, 15) is 4.79 Å². The third-order valence-corrected chi connectivity index (χ3v) is 4.70. The number of para-hydroxylation sites is 1. The third kappa shape index (κ3) is 2.15. The van der Waals surface area contributed by atoms with Gasteiger partial charge in [0.05, 0.1) is 11.1 Å². The Labute approximate surface area is 126 Å². The molecule has 2 aromatic carbocycles. The van der Waals surface area contributed by atoms with E-state index in [0.717, 1.165) is 18.5 Å². The average Bonchev–Trinajstić information content (AvgIpc) is 2.70. The van der Waals surface area contributed by atoms with Crippen molar-refractivity contribution in [2.75, 3.05) is 11.9 Å². The van der Waals surface area contributed by atoms with Gasteiger partial charge >= 0.3 is 0 Å². The van der Waals surface area contributed by atoms with Gasteiger partial charge in [0.2, 0.25) is 5.91 Å². The second kappa shape index (κ2) is 5.03. The monoisotopic (exact) mass is 279 g/mol. The highest BCUT2D eigenvalue weighted by Crippen LogP contribution is 2.45. The van der Waals surface area contributed by atoms with Crippen LogP contribution in [0.4, 0.5) is 5.69 Å². The van der Waals surface area contributed by atoms with Gasteiger partial charge in [-0.1, -0.05) is 48.5 Å². The van der Waals surface area contributed by atoms with Crippen LogP contribution in [0.15, 0.2) is 48.5 Å². The largest absolute Gasteiger partial charge is 0.314 e. The predicted octanol–water partition coefficient (Wildman–Crippen LogP) is 3.86. The first-order valence-electron chi connectivity index (χ1n) is 7.46. The predicted molar refractivity (Wildman–Crippen MR) is 86.7 cm³/mol. The lowest BCUT2D eigenvalue weighted by Gasteiger charge is -2.23. The zero-order valence-corrected chi connectivity index (χ0v) is 12.9. The molecule has 1 heterocycles. The number of carbonyl (C=O) groups excluding carboxylic acids is 1. The van der Waals surface area contributed by atoms with Gasteiger partial charge in [-0.3, -0.25) is 4.79 Å². The highest BCUT2D eigenvalue weighted by Gasteiger charge is 2.45. The minimum absolute atomic E-state index is 0.211. The number of likely N-dealkylation sites (N-methyl/N-ethyl adjacent to an activating group) is 1. The lowest BCUT2D eigenvalue weighted by Crippen LogP contribution is -2.36. The number of rotatable bonds is 3. The van der Waals surface area contributed by atoms with Crippen molar-refractivity contribution in [3.63, 3.8) is 0 Å². The third-order valence-electron chi connectivity index (χ3n) is 4.70. The fourth-order valence-corrected chi connectivity index (χ4v) is 3.42. The topological polar surface area (TPSA) is 20.3 Å². The number of benzene rings is 2. The molecule has 1 aliphatic rings. The quantitative estimate of drug-likeness (QED) is 0.835. The standard InChI is InChI=1S/C19H21NO/c1-14-8-7-11-16-17(14)20(3)18(21)19(16,2)13-12-15-9-5-4-6-10-15/h4-11H,12-13H2,1-3H3/t19-/m0/s1. The molecule has 0 spiro atoms. The Hall–Kier alpha value is -2.09. The molecular formula is C19H21NO. The van der Waals surface area contributed by atoms with Gasteiger partial charge in [0.1, 0.15) is 0 Å². The molecule has 1 atom stereocenters. The molecule has 2 heteroatoms. The van der Waals surface area contributed by atoms with Crippen LogP contribution in [0.2, 0.25) is 0 Å². The number of amides is 1. The van der Waals surface area contributed by atoms with E-state index in [-0.39, 0.29) is 5.91 Å². The van der Waals surface area contributed by atoms with E-state index in [1.165, 1.54) is 16.7 Å². The Morgan fingerprint density at radius 3 is 2.48 bits per heavy atom. The van der Waals surface area contributed by atoms with E-state index in [4.69, 9.17) is 0 Å². The molecule has 0 N–H and O–H groups in total. The Morgan fingerprint density at radius 1 is 1.05 bits per heavy atom. The molecule has 2 aromatic rings. The van der Waals surface area contributed by atoms with Crippen LogP contribution in [0, 0.1) is 6.92 Å². The summed E-state index contributed by atoms with van der Waals surface area (Å²) in [5.41, 5.74) is 4.32. The molecule has 108 valence electrons. The molecular weight excluding hydrogens is 258 g/mol. The molecule has 1 amide bonds. The normalized spacial score (nSPS) is 20.7. The number of anilines is 1. The fourth-order valence-electron chi connectivity index (χ4n) is 3.42.